The van der Waals surface area contributed by atoms with E-state index in [1.165, 1.54) is 0 Å². The number of hydrogen-bond donors (Lipinski definition) is 1. The third-order valence-electron chi connectivity index (χ3n) is 2.68. The maximum absolute atomic E-state index is 9.81. The van der Waals surface area contributed by atoms with Gasteiger partial charge in [-0.2, -0.15) is 5.26 Å². The van der Waals surface area contributed by atoms with Crippen molar-refractivity contribution in [3.63, 3.8) is 0 Å². The molecule has 1 atom stereocenters. The van der Waals surface area contributed by atoms with Crippen LogP contribution in [0.3, 0.4) is 0 Å². The van der Waals surface area contributed by atoms with Crippen molar-refractivity contribution in [3.8, 4) is 6.07 Å². The van der Waals surface area contributed by atoms with E-state index in [2.05, 4.69) is 9.88 Å². The molecule has 1 fully saturated rings. The molecule has 4 nitrogen and oxygen atoms in total. The normalized spacial score (nSPS) is 25.3. The van der Waals surface area contributed by atoms with E-state index in [0.717, 1.165) is 18.7 Å². The van der Waals surface area contributed by atoms with Crippen LogP contribution >= 0.6 is 0 Å². The molecule has 78 valence electrons. The topological polar surface area (TPSA) is 60.1 Å². The molecule has 0 saturated carbocycles. The molecule has 1 aromatic heterocycles. The molecular formula is C11H13N3O. The Morgan fingerprint density at radius 3 is 2.87 bits per heavy atom. The zero-order valence-corrected chi connectivity index (χ0v) is 8.64. The average molecular weight is 203 g/mol. The maximum atomic E-state index is 9.81. The Morgan fingerprint density at radius 2 is 2.40 bits per heavy atom. The predicted octanol–water partition coefficient (Wildman–Crippen LogP) is 0.914. The van der Waals surface area contributed by atoms with Gasteiger partial charge in [-0.15, -0.1) is 0 Å². The first-order valence-electron chi connectivity index (χ1n) is 4.94. The van der Waals surface area contributed by atoms with Gasteiger partial charge in [0.1, 0.15) is 11.8 Å². The first-order valence-corrected chi connectivity index (χ1v) is 4.94. The number of aromatic nitrogens is 1. The molecule has 0 spiro atoms. The third-order valence-corrected chi connectivity index (χ3v) is 2.68. The Kier molecular flexibility index (Phi) is 2.33. The van der Waals surface area contributed by atoms with Gasteiger partial charge in [0.15, 0.2) is 0 Å². The maximum Gasteiger partial charge on any atom is 0.140 e. The average Bonchev–Trinajstić information content (AvgIpc) is 2.59. The minimum atomic E-state index is -0.603. The highest BCUT2D eigenvalue weighted by Crippen LogP contribution is 2.25. The van der Waals surface area contributed by atoms with E-state index in [0.29, 0.717) is 12.2 Å². The fourth-order valence-corrected chi connectivity index (χ4v) is 1.80. The minimum Gasteiger partial charge on any atom is -0.388 e. The number of aliphatic hydroxyl groups is 1. The number of pyridine rings is 1. The Morgan fingerprint density at radius 1 is 1.60 bits per heavy atom. The van der Waals surface area contributed by atoms with Crippen LogP contribution in [0, 0.1) is 11.3 Å². The lowest BCUT2D eigenvalue weighted by atomic mass is 10.1. The van der Waals surface area contributed by atoms with E-state index < -0.39 is 5.60 Å². The van der Waals surface area contributed by atoms with E-state index >= 15 is 0 Å². The van der Waals surface area contributed by atoms with Gasteiger partial charge in [0.2, 0.25) is 0 Å². The summed E-state index contributed by atoms with van der Waals surface area (Å²) in [5, 5.41) is 18.4. The summed E-state index contributed by atoms with van der Waals surface area (Å²) in [5.41, 5.74) is 0.782. The molecule has 1 saturated heterocycles. The number of nitriles is 1. The van der Waals surface area contributed by atoms with Crippen LogP contribution < -0.4 is 4.90 Å². The van der Waals surface area contributed by atoms with Crippen LogP contribution in [0.4, 0.5) is 5.69 Å². The number of nitrogens with zero attached hydrogens (tertiary/aromatic N) is 3. The van der Waals surface area contributed by atoms with Crippen molar-refractivity contribution in [1.29, 1.82) is 5.26 Å². The van der Waals surface area contributed by atoms with E-state index in [-0.39, 0.29) is 0 Å². The fraction of sp³-hybridized carbons (Fsp3) is 0.455. The quantitative estimate of drug-likeness (QED) is 0.737. The highest BCUT2D eigenvalue weighted by atomic mass is 16.3. The molecule has 15 heavy (non-hydrogen) atoms. The van der Waals surface area contributed by atoms with Crippen LogP contribution in [0.5, 0.6) is 0 Å². The van der Waals surface area contributed by atoms with Crippen molar-refractivity contribution in [3.05, 3.63) is 24.0 Å². The molecule has 1 aliphatic heterocycles. The molecule has 0 amide bonds. The Balaban J connectivity index is 2.15. The Hall–Kier alpha value is -1.60. The first-order chi connectivity index (χ1) is 7.11. The molecule has 1 aliphatic rings. The lowest BCUT2D eigenvalue weighted by Crippen LogP contribution is -2.29. The van der Waals surface area contributed by atoms with Gasteiger partial charge in [0.05, 0.1) is 17.5 Å². The highest BCUT2D eigenvalue weighted by Gasteiger charge is 2.31. The van der Waals surface area contributed by atoms with Crippen molar-refractivity contribution in [2.75, 3.05) is 18.0 Å². The van der Waals surface area contributed by atoms with E-state index in [9.17, 15) is 5.11 Å². The molecule has 0 aromatic carbocycles. The summed E-state index contributed by atoms with van der Waals surface area (Å²) in [4.78, 5) is 6.08. The zero-order chi connectivity index (χ0) is 10.9. The van der Waals surface area contributed by atoms with Gasteiger partial charge < -0.3 is 10.0 Å². The van der Waals surface area contributed by atoms with E-state index in [1.54, 1.807) is 12.3 Å². The highest BCUT2D eigenvalue weighted by molar-refractivity contribution is 5.47. The SMILES string of the molecule is CC1(O)CCN(c2ccc(C#N)nc2)C1. The summed E-state index contributed by atoms with van der Waals surface area (Å²) in [5.74, 6) is 0. The van der Waals surface area contributed by atoms with Crippen LogP contribution in [0.1, 0.15) is 19.0 Å². The zero-order valence-electron chi connectivity index (χ0n) is 8.64. The second-order valence-corrected chi connectivity index (χ2v) is 4.18. The van der Waals surface area contributed by atoms with Crippen LogP contribution in [-0.2, 0) is 0 Å². The Labute approximate surface area is 88.8 Å². The van der Waals surface area contributed by atoms with Gasteiger partial charge >= 0.3 is 0 Å². The van der Waals surface area contributed by atoms with Crippen molar-refractivity contribution >= 4 is 5.69 Å². The molecule has 2 heterocycles. The van der Waals surface area contributed by atoms with Gasteiger partial charge in [0, 0.05) is 13.1 Å². The monoisotopic (exact) mass is 203 g/mol. The molecule has 1 N–H and O–H groups in total. The third kappa shape index (κ3) is 2.08. The predicted molar refractivity (Wildman–Crippen MR) is 56.4 cm³/mol. The van der Waals surface area contributed by atoms with E-state index in [4.69, 9.17) is 5.26 Å². The molecular weight excluding hydrogens is 190 g/mol. The van der Waals surface area contributed by atoms with Crippen LogP contribution in [0.25, 0.3) is 0 Å². The lowest BCUT2D eigenvalue weighted by Gasteiger charge is -2.20. The summed E-state index contributed by atoms with van der Waals surface area (Å²) in [7, 11) is 0. The number of β-amino-alcohol motifs (C(OH)–C–C–N with tert-alkyl or cyclic N) is 1. The molecule has 0 bridgehead atoms. The number of rotatable bonds is 1. The summed E-state index contributed by atoms with van der Waals surface area (Å²) in [6, 6.07) is 5.55. The van der Waals surface area contributed by atoms with Crippen molar-refractivity contribution in [2.45, 2.75) is 18.9 Å². The summed E-state index contributed by atoms with van der Waals surface area (Å²) >= 11 is 0. The van der Waals surface area contributed by atoms with Gasteiger partial charge in [0.25, 0.3) is 0 Å². The molecule has 2 rings (SSSR count). The van der Waals surface area contributed by atoms with Gasteiger partial charge in [-0.25, -0.2) is 4.98 Å². The molecule has 1 aromatic rings. The van der Waals surface area contributed by atoms with Crippen molar-refractivity contribution in [1.82, 2.24) is 4.98 Å². The summed E-state index contributed by atoms with van der Waals surface area (Å²) in [6.07, 6.45) is 2.45. The molecule has 1 unspecified atom stereocenters. The molecule has 0 aliphatic carbocycles. The Bertz CT molecular complexity index is 391. The van der Waals surface area contributed by atoms with Gasteiger partial charge in [-0.1, -0.05) is 0 Å². The largest absolute Gasteiger partial charge is 0.388 e. The van der Waals surface area contributed by atoms with Crippen LogP contribution in [0.15, 0.2) is 18.3 Å². The molecule has 0 radical (unpaired) electrons. The van der Waals surface area contributed by atoms with E-state index in [1.807, 2.05) is 19.1 Å². The second kappa shape index (κ2) is 3.52. The van der Waals surface area contributed by atoms with Gasteiger partial charge in [-0.05, 0) is 25.5 Å². The molecule has 4 heteroatoms. The fourth-order valence-electron chi connectivity index (χ4n) is 1.80. The number of anilines is 1. The lowest BCUT2D eigenvalue weighted by molar-refractivity contribution is 0.0839. The smallest absolute Gasteiger partial charge is 0.140 e. The number of hydrogen-bond acceptors (Lipinski definition) is 4. The second-order valence-electron chi connectivity index (χ2n) is 4.18. The first kappa shape index (κ1) is 9.94. The minimum absolute atomic E-state index is 0.421. The van der Waals surface area contributed by atoms with Crippen molar-refractivity contribution in [2.24, 2.45) is 0 Å². The van der Waals surface area contributed by atoms with Gasteiger partial charge in [-0.3, -0.25) is 0 Å². The standard InChI is InChI=1S/C11H13N3O/c1-11(15)4-5-14(8-11)10-3-2-9(6-12)13-7-10/h2-3,7,15H,4-5,8H2,1H3. The van der Waals surface area contributed by atoms with Crippen molar-refractivity contribution < 1.29 is 5.11 Å². The summed E-state index contributed by atoms with van der Waals surface area (Å²) in [6.45, 7) is 3.30. The van der Waals surface area contributed by atoms with Crippen LogP contribution in [-0.4, -0.2) is 28.8 Å². The summed E-state index contributed by atoms with van der Waals surface area (Å²) < 4.78 is 0. The van der Waals surface area contributed by atoms with Crippen LogP contribution in [0.2, 0.25) is 0 Å².